The summed E-state index contributed by atoms with van der Waals surface area (Å²) in [5.41, 5.74) is 2.43. The van der Waals surface area contributed by atoms with Crippen LogP contribution in [0.4, 0.5) is 0 Å². The second-order valence-corrected chi connectivity index (χ2v) is 9.39. The molecule has 0 aliphatic heterocycles. The molecule has 0 radical (unpaired) electrons. The van der Waals surface area contributed by atoms with Crippen molar-refractivity contribution >= 4 is 11.3 Å². The molecule has 0 unspecified atom stereocenters. The minimum Gasteiger partial charge on any atom is -0.310 e. The monoisotopic (exact) mass is 279 g/mol. The molecule has 1 fully saturated rings. The molecule has 0 saturated heterocycles. The first-order valence-electron chi connectivity index (χ1n) is 7.46. The molecule has 0 amide bonds. The Balaban J connectivity index is 1.97. The molecule has 1 saturated carbocycles. The molecular formula is C17H29NS. The van der Waals surface area contributed by atoms with Gasteiger partial charge in [0.2, 0.25) is 0 Å². The summed E-state index contributed by atoms with van der Waals surface area (Å²) in [6.07, 6.45) is 3.95. The van der Waals surface area contributed by atoms with Crippen molar-refractivity contribution in [1.29, 1.82) is 0 Å². The predicted octanol–water partition coefficient (Wildman–Crippen LogP) is 5.06. The maximum Gasteiger partial charge on any atom is 0.0219 e. The molecule has 1 aliphatic carbocycles. The highest BCUT2D eigenvalue weighted by atomic mass is 32.1. The van der Waals surface area contributed by atoms with E-state index in [0.29, 0.717) is 16.9 Å². The summed E-state index contributed by atoms with van der Waals surface area (Å²) >= 11 is 1.92. The third-order valence-corrected chi connectivity index (χ3v) is 5.29. The van der Waals surface area contributed by atoms with E-state index in [0.717, 1.165) is 6.54 Å². The molecule has 1 aromatic rings. The van der Waals surface area contributed by atoms with Gasteiger partial charge in [-0.1, -0.05) is 27.7 Å². The quantitative estimate of drug-likeness (QED) is 0.815. The van der Waals surface area contributed by atoms with Crippen LogP contribution in [0.3, 0.4) is 0 Å². The van der Waals surface area contributed by atoms with Gasteiger partial charge in [-0.05, 0) is 55.6 Å². The van der Waals surface area contributed by atoms with Gasteiger partial charge in [-0.2, -0.15) is 0 Å². The second-order valence-electron chi connectivity index (χ2n) is 7.93. The maximum atomic E-state index is 3.81. The molecule has 0 aromatic carbocycles. The zero-order valence-electron chi connectivity index (χ0n) is 13.4. The minimum atomic E-state index is 0.471. The molecule has 2 heteroatoms. The van der Waals surface area contributed by atoms with Crippen LogP contribution in [0.15, 0.2) is 6.07 Å². The first kappa shape index (κ1) is 15.1. The Morgan fingerprint density at radius 1 is 1.16 bits per heavy atom. The van der Waals surface area contributed by atoms with E-state index in [1.165, 1.54) is 34.6 Å². The van der Waals surface area contributed by atoms with Gasteiger partial charge in [0.25, 0.3) is 0 Å². The van der Waals surface area contributed by atoms with E-state index in [-0.39, 0.29) is 0 Å². The van der Waals surface area contributed by atoms with Crippen molar-refractivity contribution in [2.75, 3.05) is 0 Å². The molecule has 0 atom stereocenters. The lowest BCUT2D eigenvalue weighted by atomic mass is 9.63. The standard InChI is InChI=1S/C17H29NS/c1-12-7-14(13(2)19-12)10-18-15-8-16(3,4)11-17(5,6)9-15/h7,15,18H,8-11H2,1-6H3. The number of hydrogen-bond donors (Lipinski definition) is 1. The molecular weight excluding hydrogens is 250 g/mol. The van der Waals surface area contributed by atoms with Crippen LogP contribution < -0.4 is 5.32 Å². The fraction of sp³-hybridized carbons (Fsp3) is 0.765. The first-order chi connectivity index (χ1) is 8.67. The van der Waals surface area contributed by atoms with E-state index in [2.05, 4.69) is 52.9 Å². The smallest absolute Gasteiger partial charge is 0.0219 e. The lowest BCUT2D eigenvalue weighted by molar-refractivity contribution is 0.0845. The highest BCUT2D eigenvalue weighted by Gasteiger charge is 2.38. The summed E-state index contributed by atoms with van der Waals surface area (Å²) in [6.45, 7) is 15.2. The highest BCUT2D eigenvalue weighted by molar-refractivity contribution is 7.12. The molecule has 1 aromatic heterocycles. The molecule has 0 bridgehead atoms. The van der Waals surface area contributed by atoms with E-state index in [9.17, 15) is 0 Å². The van der Waals surface area contributed by atoms with Crippen LogP contribution in [-0.4, -0.2) is 6.04 Å². The van der Waals surface area contributed by atoms with Crippen molar-refractivity contribution in [2.45, 2.75) is 73.4 Å². The lowest BCUT2D eigenvalue weighted by Gasteiger charge is -2.45. The topological polar surface area (TPSA) is 12.0 Å². The molecule has 1 nitrogen and oxygen atoms in total. The average Bonchev–Trinajstić information content (AvgIpc) is 2.49. The lowest BCUT2D eigenvalue weighted by Crippen LogP contribution is -2.43. The van der Waals surface area contributed by atoms with Gasteiger partial charge in [0.1, 0.15) is 0 Å². The van der Waals surface area contributed by atoms with Gasteiger partial charge in [-0.25, -0.2) is 0 Å². The fourth-order valence-corrected chi connectivity index (χ4v) is 5.05. The van der Waals surface area contributed by atoms with Crippen LogP contribution in [0.5, 0.6) is 0 Å². The van der Waals surface area contributed by atoms with Crippen LogP contribution in [0.1, 0.15) is 62.3 Å². The van der Waals surface area contributed by atoms with Crippen molar-refractivity contribution in [2.24, 2.45) is 10.8 Å². The maximum absolute atomic E-state index is 3.81. The van der Waals surface area contributed by atoms with Crippen molar-refractivity contribution in [1.82, 2.24) is 5.32 Å². The molecule has 19 heavy (non-hydrogen) atoms. The van der Waals surface area contributed by atoms with E-state index in [4.69, 9.17) is 0 Å². The summed E-state index contributed by atoms with van der Waals surface area (Å²) in [7, 11) is 0. The van der Waals surface area contributed by atoms with Crippen molar-refractivity contribution in [3.63, 3.8) is 0 Å². The second kappa shape index (κ2) is 5.21. The van der Waals surface area contributed by atoms with E-state index < -0.39 is 0 Å². The van der Waals surface area contributed by atoms with Crippen LogP contribution in [0, 0.1) is 24.7 Å². The van der Waals surface area contributed by atoms with Crippen molar-refractivity contribution in [3.8, 4) is 0 Å². The number of nitrogens with one attached hydrogen (secondary N) is 1. The van der Waals surface area contributed by atoms with Gasteiger partial charge in [-0.3, -0.25) is 0 Å². The largest absolute Gasteiger partial charge is 0.310 e. The van der Waals surface area contributed by atoms with Gasteiger partial charge in [0.15, 0.2) is 0 Å². The van der Waals surface area contributed by atoms with Crippen molar-refractivity contribution < 1.29 is 0 Å². The predicted molar refractivity (Wildman–Crippen MR) is 85.8 cm³/mol. The Hall–Kier alpha value is -0.340. The van der Waals surface area contributed by atoms with E-state index in [1.807, 2.05) is 11.3 Å². The zero-order valence-corrected chi connectivity index (χ0v) is 14.2. The minimum absolute atomic E-state index is 0.471. The van der Waals surface area contributed by atoms with Gasteiger partial charge >= 0.3 is 0 Å². The molecule has 1 heterocycles. The van der Waals surface area contributed by atoms with Crippen molar-refractivity contribution in [3.05, 3.63) is 21.4 Å². The summed E-state index contributed by atoms with van der Waals surface area (Å²) in [6, 6.07) is 3.00. The van der Waals surface area contributed by atoms with Crippen LogP contribution >= 0.6 is 11.3 Å². The number of aryl methyl sites for hydroxylation is 2. The molecule has 1 aliphatic rings. The molecule has 0 spiro atoms. The third-order valence-electron chi connectivity index (χ3n) is 4.28. The third kappa shape index (κ3) is 4.06. The van der Waals surface area contributed by atoms with Gasteiger partial charge in [0.05, 0.1) is 0 Å². The van der Waals surface area contributed by atoms with E-state index in [1.54, 1.807) is 0 Å². The summed E-state index contributed by atoms with van der Waals surface area (Å²) < 4.78 is 0. The van der Waals surface area contributed by atoms with Gasteiger partial charge in [0, 0.05) is 22.3 Å². The Bertz CT molecular complexity index is 426. The van der Waals surface area contributed by atoms with Gasteiger partial charge in [-0.15, -0.1) is 11.3 Å². The average molecular weight is 279 g/mol. The summed E-state index contributed by atoms with van der Waals surface area (Å²) in [4.78, 5) is 2.90. The SMILES string of the molecule is Cc1cc(CNC2CC(C)(C)CC(C)(C)C2)c(C)s1. The number of thiophene rings is 1. The van der Waals surface area contributed by atoms with Gasteiger partial charge < -0.3 is 5.32 Å². The molecule has 1 N–H and O–H groups in total. The fourth-order valence-electron chi connectivity index (χ4n) is 4.10. The summed E-state index contributed by atoms with van der Waals surface area (Å²) in [5, 5.41) is 3.81. The van der Waals surface area contributed by atoms with Crippen LogP contribution in [0.2, 0.25) is 0 Å². The Morgan fingerprint density at radius 2 is 1.74 bits per heavy atom. The van der Waals surface area contributed by atoms with Crippen LogP contribution in [-0.2, 0) is 6.54 Å². The van der Waals surface area contributed by atoms with Crippen LogP contribution in [0.25, 0.3) is 0 Å². The Kier molecular flexibility index (Phi) is 4.13. The normalized spacial score (nSPS) is 22.6. The number of hydrogen-bond acceptors (Lipinski definition) is 2. The molecule has 108 valence electrons. The Morgan fingerprint density at radius 3 is 2.21 bits per heavy atom. The number of rotatable bonds is 3. The highest BCUT2D eigenvalue weighted by Crippen LogP contribution is 2.45. The zero-order chi connectivity index (χ0) is 14.3. The Labute approximate surface area is 122 Å². The first-order valence-corrected chi connectivity index (χ1v) is 8.28. The molecule has 2 rings (SSSR count). The summed E-state index contributed by atoms with van der Waals surface area (Å²) in [5.74, 6) is 0. The van der Waals surface area contributed by atoms with E-state index >= 15 is 0 Å².